The zero-order chi connectivity index (χ0) is 19.1. The number of anilines is 1. The number of fused-ring (bicyclic) bond motifs is 2. The third kappa shape index (κ3) is 3.12. The zero-order valence-electron chi connectivity index (χ0n) is 15.8. The lowest BCUT2D eigenvalue weighted by Crippen LogP contribution is -2.28. The summed E-state index contributed by atoms with van der Waals surface area (Å²) in [5, 5.41) is 14.0. The van der Waals surface area contributed by atoms with Crippen molar-refractivity contribution in [2.75, 3.05) is 31.1 Å². The molecule has 1 unspecified atom stereocenters. The lowest BCUT2D eigenvalue weighted by Gasteiger charge is -2.26. The number of aliphatic hydroxyl groups excluding tert-OH is 1. The van der Waals surface area contributed by atoms with Gasteiger partial charge in [0.1, 0.15) is 5.75 Å². The summed E-state index contributed by atoms with van der Waals surface area (Å²) < 4.78 is 7.72. The molecule has 0 spiro atoms. The largest absolute Gasteiger partial charge is 0.460 e. The van der Waals surface area contributed by atoms with Gasteiger partial charge in [0.05, 0.1) is 5.69 Å². The van der Waals surface area contributed by atoms with Gasteiger partial charge in [-0.25, -0.2) is 9.97 Å². The van der Waals surface area contributed by atoms with E-state index < -0.39 is 6.29 Å². The van der Waals surface area contributed by atoms with Crippen molar-refractivity contribution in [1.82, 2.24) is 19.7 Å². The Kier molecular flexibility index (Phi) is 4.26. The number of imidazole rings is 1. The SMILES string of the molecule is Cc1cnc2nc(C3=Cc4ccc(N5CCCNCC5)cc4OC3O)cn2c1. The molecule has 2 aliphatic rings. The van der Waals surface area contributed by atoms with Gasteiger partial charge in [-0.3, -0.25) is 4.40 Å². The second-order valence-corrected chi connectivity index (χ2v) is 7.35. The quantitative estimate of drug-likeness (QED) is 0.712. The monoisotopic (exact) mass is 377 g/mol. The van der Waals surface area contributed by atoms with Crippen molar-refractivity contribution < 1.29 is 9.84 Å². The van der Waals surface area contributed by atoms with Gasteiger partial charge in [-0.15, -0.1) is 0 Å². The van der Waals surface area contributed by atoms with E-state index in [-0.39, 0.29) is 0 Å². The van der Waals surface area contributed by atoms with Crippen molar-refractivity contribution in [3.05, 3.63) is 53.6 Å². The average molecular weight is 377 g/mol. The van der Waals surface area contributed by atoms with Gasteiger partial charge in [0.15, 0.2) is 0 Å². The van der Waals surface area contributed by atoms with Gasteiger partial charge in [-0.05, 0) is 43.7 Å². The van der Waals surface area contributed by atoms with E-state index in [1.54, 1.807) is 6.20 Å². The molecule has 0 bridgehead atoms. The van der Waals surface area contributed by atoms with E-state index in [0.717, 1.165) is 49.4 Å². The molecule has 0 saturated carbocycles. The molecule has 144 valence electrons. The maximum atomic E-state index is 10.6. The lowest BCUT2D eigenvalue weighted by atomic mass is 10.0. The highest BCUT2D eigenvalue weighted by atomic mass is 16.6. The predicted molar refractivity (Wildman–Crippen MR) is 108 cm³/mol. The molecule has 7 heteroatoms. The van der Waals surface area contributed by atoms with E-state index in [9.17, 15) is 5.11 Å². The number of benzene rings is 1. The summed E-state index contributed by atoms with van der Waals surface area (Å²) in [5.74, 6) is 1.30. The minimum absolute atomic E-state index is 0.601. The molecule has 0 aliphatic carbocycles. The van der Waals surface area contributed by atoms with Crippen molar-refractivity contribution in [1.29, 1.82) is 0 Å². The number of aryl methyl sites for hydroxylation is 1. The van der Waals surface area contributed by atoms with Crippen molar-refractivity contribution in [3.8, 4) is 5.75 Å². The van der Waals surface area contributed by atoms with Crippen molar-refractivity contribution in [2.24, 2.45) is 0 Å². The van der Waals surface area contributed by atoms with Crippen LogP contribution in [0.2, 0.25) is 0 Å². The average Bonchev–Trinajstić information content (AvgIpc) is 2.91. The topological polar surface area (TPSA) is 74.9 Å². The summed E-state index contributed by atoms with van der Waals surface area (Å²) in [6.07, 6.45) is 7.63. The van der Waals surface area contributed by atoms with E-state index >= 15 is 0 Å². The Labute approximate surface area is 163 Å². The summed E-state index contributed by atoms with van der Waals surface area (Å²) in [5.41, 5.74) is 4.42. The van der Waals surface area contributed by atoms with Crippen LogP contribution in [0.4, 0.5) is 5.69 Å². The molecule has 0 amide bonds. The summed E-state index contributed by atoms with van der Waals surface area (Å²) in [7, 11) is 0. The number of nitrogens with zero attached hydrogens (tertiary/aromatic N) is 4. The zero-order valence-corrected chi connectivity index (χ0v) is 15.8. The van der Waals surface area contributed by atoms with Gasteiger partial charge in [0.25, 0.3) is 0 Å². The molecule has 28 heavy (non-hydrogen) atoms. The molecule has 1 saturated heterocycles. The first kappa shape index (κ1) is 17.2. The van der Waals surface area contributed by atoms with Gasteiger partial charge in [-0.1, -0.05) is 0 Å². The van der Waals surface area contributed by atoms with E-state index in [1.165, 1.54) is 0 Å². The van der Waals surface area contributed by atoms with Gasteiger partial charge in [0, 0.05) is 61.1 Å². The number of rotatable bonds is 2. The highest BCUT2D eigenvalue weighted by Gasteiger charge is 2.25. The Hall–Kier alpha value is -2.90. The molecular weight excluding hydrogens is 354 g/mol. The molecule has 3 aromatic rings. The van der Waals surface area contributed by atoms with Crippen LogP contribution in [0.1, 0.15) is 23.2 Å². The standard InChI is InChI=1S/C21H23N5O2/c1-14-11-23-21-24-18(13-26(21)12-14)17-9-15-3-4-16(10-19(15)28-20(17)27)25-7-2-5-22-6-8-25/h3-4,9-13,20,22,27H,2,5-8H2,1H3. The molecule has 1 atom stereocenters. The predicted octanol–water partition coefficient (Wildman–Crippen LogP) is 2.09. The summed E-state index contributed by atoms with van der Waals surface area (Å²) in [6, 6.07) is 6.19. The van der Waals surface area contributed by atoms with E-state index in [1.807, 2.05) is 41.9 Å². The van der Waals surface area contributed by atoms with E-state index in [2.05, 4.69) is 26.3 Å². The minimum Gasteiger partial charge on any atom is -0.460 e. The smallest absolute Gasteiger partial charge is 0.234 e. The fourth-order valence-corrected chi connectivity index (χ4v) is 3.79. The minimum atomic E-state index is -1.06. The molecule has 5 rings (SSSR count). The number of hydrogen-bond acceptors (Lipinski definition) is 6. The second-order valence-electron chi connectivity index (χ2n) is 7.35. The van der Waals surface area contributed by atoms with Gasteiger partial charge >= 0.3 is 0 Å². The van der Waals surface area contributed by atoms with Crippen LogP contribution in [0, 0.1) is 6.92 Å². The molecule has 1 aromatic carbocycles. The third-order valence-corrected chi connectivity index (χ3v) is 5.25. The summed E-state index contributed by atoms with van der Waals surface area (Å²) >= 11 is 0. The number of nitrogens with one attached hydrogen (secondary N) is 1. The molecule has 2 aromatic heterocycles. The van der Waals surface area contributed by atoms with Crippen LogP contribution in [0.5, 0.6) is 5.75 Å². The van der Waals surface area contributed by atoms with Crippen LogP contribution < -0.4 is 15.0 Å². The highest BCUT2D eigenvalue weighted by molar-refractivity contribution is 5.86. The van der Waals surface area contributed by atoms with E-state index in [4.69, 9.17) is 4.74 Å². The highest BCUT2D eigenvalue weighted by Crippen LogP contribution is 2.36. The molecule has 7 nitrogen and oxygen atoms in total. The van der Waals surface area contributed by atoms with Crippen LogP contribution in [-0.2, 0) is 0 Å². The third-order valence-electron chi connectivity index (χ3n) is 5.25. The van der Waals surface area contributed by atoms with Crippen LogP contribution in [0.3, 0.4) is 0 Å². The Balaban J connectivity index is 1.48. The molecule has 0 radical (unpaired) electrons. The first-order valence-corrected chi connectivity index (χ1v) is 9.65. The van der Waals surface area contributed by atoms with Crippen LogP contribution in [0.25, 0.3) is 17.4 Å². The number of hydrogen-bond donors (Lipinski definition) is 2. The molecular formula is C21H23N5O2. The van der Waals surface area contributed by atoms with Crippen molar-refractivity contribution in [3.63, 3.8) is 0 Å². The lowest BCUT2D eigenvalue weighted by molar-refractivity contribution is 0.0318. The normalized spacial score (nSPS) is 19.7. The maximum absolute atomic E-state index is 10.6. The van der Waals surface area contributed by atoms with Gasteiger partial charge in [-0.2, -0.15) is 0 Å². The number of aromatic nitrogens is 3. The summed E-state index contributed by atoms with van der Waals surface area (Å²) in [6.45, 7) is 6.00. The Bertz CT molecular complexity index is 1050. The van der Waals surface area contributed by atoms with Crippen LogP contribution in [-0.4, -0.2) is 51.9 Å². The van der Waals surface area contributed by atoms with Gasteiger partial charge < -0.3 is 20.1 Å². The van der Waals surface area contributed by atoms with Crippen LogP contribution in [0.15, 0.2) is 36.8 Å². The first-order chi connectivity index (χ1) is 13.7. The van der Waals surface area contributed by atoms with Gasteiger partial charge in [0.2, 0.25) is 12.1 Å². The van der Waals surface area contributed by atoms with Crippen LogP contribution >= 0.6 is 0 Å². The number of ether oxygens (including phenoxy) is 1. The molecule has 2 aliphatic heterocycles. The fourth-order valence-electron chi connectivity index (χ4n) is 3.79. The van der Waals surface area contributed by atoms with E-state index in [0.29, 0.717) is 22.8 Å². The molecule has 1 fully saturated rings. The Morgan fingerprint density at radius 2 is 2.14 bits per heavy atom. The Morgan fingerprint density at radius 3 is 3.07 bits per heavy atom. The fraction of sp³-hybridized carbons (Fsp3) is 0.333. The Morgan fingerprint density at radius 1 is 1.21 bits per heavy atom. The summed E-state index contributed by atoms with van der Waals surface area (Å²) in [4.78, 5) is 11.2. The number of aliphatic hydroxyl groups is 1. The maximum Gasteiger partial charge on any atom is 0.234 e. The molecule has 2 N–H and O–H groups in total. The van der Waals surface area contributed by atoms with Crippen molar-refractivity contribution >= 4 is 23.1 Å². The molecule has 4 heterocycles. The first-order valence-electron chi connectivity index (χ1n) is 9.65. The van der Waals surface area contributed by atoms with Crippen molar-refractivity contribution in [2.45, 2.75) is 19.6 Å². The second kappa shape index (κ2) is 6.92.